The highest BCUT2D eigenvalue weighted by Gasteiger charge is 2.45. The highest BCUT2D eigenvalue weighted by molar-refractivity contribution is 5.94. The molecule has 6 nitrogen and oxygen atoms in total. The fourth-order valence-electron chi connectivity index (χ4n) is 2.93. The molecule has 6 heteroatoms. The summed E-state index contributed by atoms with van der Waals surface area (Å²) in [6.45, 7) is 4.50. The second-order valence-corrected chi connectivity index (χ2v) is 7.01. The molecule has 0 radical (unpaired) electrons. The van der Waals surface area contributed by atoms with Gasteiger partial charge in [-0.25, -0.2) is 4.79 Å². The number of carbonyl (C=O) groups excluding carboxylic acids is 2. The molecule has 2 saturated heterocycles. The number of likely N-dealkylation sites (tertiary alicyclic amines) is 1. The normalized spacial score (nSPS) is 19.0. The Morgan fingerprint density at radius 3 is 2.64 bits per heavy atom. The lowest BCUT2D eigenvalue weighted by atomic mass is 9.92. The van der Waals surface area contributed by atoms with Crippen molar-refractivity contribution in [1.29, 1.82) is 0 Å². The number of carbonyl (C=O) groups is 2. The Balaban J connectivity index is 1.68. The third-order valence-corrected chi connectivity index (χ3v) is 4.34. The molecule has 1 spiro atoms. The van der Waals surface area contributed by atoms with Crippen molar-refractivity contribution in [2.75, 3.05) is 19.7 Å². The third-order valence-electron chi connectivity index (χ3n) is 4.34. The number of cyclic esters (lactones) is 1. The summed E-state index contributed by atoms with van der Waals surface area (Å²) in [5, 5.41) is 9.69. The molecule has 132 valence electrons. The molecule has 0 aliphatic carbocycles. The van der Waals surface area contributed by atoms with Crippen LogP contribution in [0.15, 0.2) is 24.3 Å². The summed E-state index contributed by atoms with van der Waals surface area (Å²) in [5.41, 5.74) is -0.423. The van der Waals surface area contributed by atoms with Gasteiger partial charge in [0.05, 0.1) is 0 Å². The first kappa shape index (κ1) is 17.3. The Hall–Kier alpha value is -2.52. The molecule has 0 saturated carbocycles. The number of benzene rings is 1. The minimum absolute atomic E-state index is 0.0769. The lowest BCUT2D eigenvalue weighted by molar-refractivity contribution is 0.00281. The first-order valence-corrected chi connectivity index (χ1v) is 8.27. The Morgan fingerprint density at radius 1 is 1.32 bits per heavy atom. The van der Waals surface area contributed by atoms with Crippen LogP contribution in [0, 0.1) is 11.8 Å². The van der Waals surface area contributed by atoms with Gasteiger partial charge in [0.25, 0.3) is 5.91 Å². The molecule has 25 heavy (non-hydrogen) atoms. The maximum absolute atomic E-state index is 12.7. The standard InChI is InChI=1S/C19H21NO5/c1-18(2,23)7-6-14-4-3-5-15(12-14)16(21)20-10-8-19(9-11-20)13-24-17(22)25-19/h3-5,12,23H,8-11,13H2,1-2H3. The van der Waals surface area contributed by atoms with Crippen LogP contribution in [0.1, 0.15) is 42.6 Å². The summed E-state index contributed by atoms with van der Waals surface area (Å²) in [7, 11) is 0. The van der Waals surface area contributed by atoms with E-state index in [-0.39, 0.29) is 12.5 Å². The second-order valence-electron chi connectivity index (χ2n) is 7.01. The predicted molar refractivity (Wildman–Crippen MR) is 89.9 cm³/mol. The molecular weight excluding hydrogens is 322 g/mol. The number of ether oxygens (including phenoxy) is 2. The van der Waals surface area contributed by atoms with Crippen LogP contribution >= 0.6 is 0 Å². The minimum Gasteiger partial charge on any atom is -0.430 e. The molecule has 1 N–H and O–H groups in total. The molecule has 2 aliphatic heterocycles. The van der Waals surface area contributed by atoms with Gasteiger partial charge in [0.1, 0.15) is 12.2 Å². The molecule has 0 unspecified atom stereocenters. The minimum atomic E-state index is -1.08. The quantitative estimate of drug-likeness (QED) is 0.623. The molecule has 0 bridgehead atoms. The van der Waals surface area contributed by atoms with E-state index in [4.69, 9.17) is 9.47 Å². The molecule has 0 atom stereocenters. The van der Waals surface area contributed by atoms with E-state index in [2.05, 4.69) is 11.8 Å². The van der Waals surface area contributed by atoms with Crippen molar-refractivity contribution in [3.63, 3.8) is 0 Å². The average Bonchev–Trinajstić information content (AvgIpc) is 2.93. The van der Waals surface area contributed by atoms with Gasteiger partial charge in [0.2, 0.25) is 0 Å². The molecule has 2 aliphatic rings. The number of hydrogen-bond donors (Lipinski definition) is 1. The van der Waals surface area contributed by atoms with E-state index >= 15 is 0 Å². The molecule has 1 amide bonds. The third kappa shape index (κ3) is 4.12. The van der Waals surface area contributed by atoms with E-state index in [0.29, 0.717) is 37.1 Å². The lowest BCUT2D eigenvalue weighted by Gasteiger charge is -2.36. The fourth-order valence-corrected chi connectivity index (χ4v) is 2.93. The van der Waals surface area contributed by atoms with Crippen LogP contribution in [-0.4, -0.2) is 53.0 Å². The van der Waals surface area contributed by atoms with E-state index < -0.39 is 17.4 Å². The zero-order valence-corrected chi connectivity index (χ0v) is 14.4. The zero-order valence-electron chi connectivity index (χ0n) is 14.4. The Bertz CT molecular complexity index is 745. The summed E-state index contributed by atoms with van der Waals surface area (Å²) in [4.78, 5) is 25.6. The van der Waals surface area contributed by atoms with Gasteiger partial charge < -0.3 is 19.5 Å². The van der Waals surface area contributed by atoms with Crippen LogP contribution in [0.25, 0.3) is 0 Å². The molecular formula is C19H21NO5. The van der Waals surface area contributed by atoms with Gasteiger partial charge in [0, 0.05) is 37.1 Å². The Labute approximate surface area is 146 Å². The van der Waals surface area contributed by atoms with Crippen LogP contribution in [-0.2, 0) is 9.47 Å². The molecule has 0 aromatic heterocycles. The smallest absolute Gasteiger partial charge is 0.430 e. The topological polar surface area (TPSA) is 76.1 Å². The van der Waals surface area contributed by atoms with E-state index in [1.165, 1.54) is 0 Å². The van der Waals surface area contributed by atoms with Gasteiger partial charge in [-0.05, 0) is 32.0 Å². The van der Waals surface area contributed by atoms with Crippen LogP contribution in [0.5, 0.6) is 0 Å². The van der Waals surface area contributed by atoms with Crippen molar-refractivity contribution in [3.8, 4) is 11.8 Å². The summed E-state index contributed by atoms with van der Waals surface area (Å²) in [5.74, 6) is 5.54. The maximum atomic E-state index is 12.7. The van der Waals surface area contributed by atoms with E-state index in [1.54, 1.807) is 43.0 Å². The summed E-state index contributed by atoms with van der Waals surface area (Å²) < 4.78 is 10.2. The highest BCUT2D eigenvalue weighted by Crippen LogP contribution is 2.32. The first-order valence-electron chi connectivity index (χ1n) is 8.27. The van der Waals surface area contributed by atoms with Gasteiger partial charge in [-0.2, -0.15) is 0 Å². The monoisotopic (exact) mass is 343 g/mol. The molecule has 3 rings (SSSR count). The number of aliphatic hydroxyl groups is 1. The van der Waals surface area contributed by atoms with E-state index in [0.717, 1.165) is 0 Å². The highest BCUT2D eigenvalue weighted by atomic mass is 16.8. The predicted octanol–water partition coefficient (Wildman–Crippen LogP) is 1.95. The number of rotatable bonds is 1. The van der Waals surface area contributed by atoms with Crippen molar-refractivity contribution in [2.45, 2.75) is 37.9 Å². The van der Waals surface area contributed by atoms with Crippen molar-refractivity contribution >= 4 is 12.1 Å². The summed E-state index contributed by atoms with van der Waals surface area (Å²) >= 11 is 0. The average molecular weight is 343 g/mol. The van der Waals surface area contributed by atoms with Crippen LogP contribution in [0.2, 0.25) is 0 Å². The zero-order chi connectivity index (χ0) is 18.1. The SMILES string of the molecule is CC(C)(O)C#Cc1cccc(C(=O)N2CCC3(CC2)COC(=O)O3)c1. The van der Waals surface area contributed by atoms with E-state index in [1.807, 2.05) is 0 Å². The van der Waals surface area contributed by atoms with Gasteiger partial charge >= 0.3 is 6.16 Å². The molecule has 1 aromatic carbocycles. The molecule has 1 aromatic rings. The van der Waals surface area contributed by atoms with E-state index in [9.17, 15) is 14.7 Å². The van der Waals surface area contributed by atoms with Gasteiger partial charge in [-0.3, -0.25) is 4.79 Å². The van der Waals surface area contributed by atoms with Crippen LogP contribution in [0.3, 0.4) is 0 Å². The Morgan fingerprint density at radius 2 is 2.04 bits per heavy atom. The van der Waals surface area contributed by atoms with Crippen molar-refractivity contribution < 1.29 is 24.2 Å². The van der Waals surface area contributed by atoms with Crippen molar-refractivity contribution in [1.82, 2.24) is 4.90 Å². The second kappa shape index (κ2) is 6.41. The summed E-state index contributed by atoms with van der Waals surface area (Å²) in [6.07, 6.45) is 0.517. The summed E-state index contributed by atoms with van der Waals surface area (Å²) in [6, 6.07) is 7.06. The van der Waals surface area contributed by atoms with Crippen LogP contribution < -0.4 is 0 Å². The first-order chi connectivity index (χ1) is 11.8. The number of piperidine rings is 1. The lowest BCUT2D eigenvalue weighted by Crippen LogP contribution is -2.48. The largest absolute Gasteiger partial charge is 0.509 e. The van der Waals surface area contributed by atoms with Gasteiger partial charge in [-0.1, -0.05) is 17.9 Å². The molecule has 2 heterocycles. The molecule has 2 fully saturated rings. The van der Waals surface area contributed by atoms with Crippen LogP contribution in [0.4, 0.5) is 4.79 Å². The van der Waals surface area contributed by atoms with Gasteiger partial charge in [-0.15, -0.1) is 0 Å². The fraction of sp³-hybridized carbons (Fsp3) is 0.474. The van der Waals surface area contributed by atoms with Crippen molar-refractivity contribution in [2.24, 2.45) is 0 Å². The van der Waals surface area contributed by atoms with Crippen molar-refractivity contribution in [3.05, 3.63) is 35.4 Å². The number of hydrogen-bond acceptors (Lipinski definition) is 5. The maximum Gasteiger partial charge on any atom is 0.509 e. The van der Waals surface area contributed by atoms with Gasteiger partial charge in [0.15, 0.2) is 5.60 Å². The number of amides is 1. The number of nitrogens with zero attached hydrogens (tertiary/aromatic N) is 1. The Kier molecular flexibility index (Phi) is 4.44.